The summed E-state index contributed by atoms with van der Waals surface area (Å²) in [7, 11) is 0. The fraction of sp³-hybridized carbons (Fsp3) is 0.0909. The SMILES string of the molecule is O=C1Cc2cc(-c3c#cc(Cn4cnc5ncccc5c4=O)cc3)ccc2N1. The number of aromatic nitrogens is 3. The summed E-state index contributed by atoms with van der Waals surface area (Å²) in [6.45, 7) is 0.357. The molecule has 3 heterocycles. The van der Waals surface area contributed by atoms with Gasteiger partial charge in [-0.1, -0.05) is 18.2 Å². The third-order valence-electron chi connectivity index (χ3n) is 4.79. The Balaban J connectivity index is 1.42. The lowest BCUT2D eigenvalue weighted by Crippen LogP contribution is -2.21. The number of anilines is 1. The molecule has 6 heteroatoms. The van der Waals surface area contributed by atoms with Crippen molar-refractivity contribution in [3.8, 4) is 11.1 Å². The van der Waals surface area contributed by atoms with E-state index in [2.05, 4.69) is 27.4 Å². The first-order valence-corrected chi connectivity index (χ1v) is 8.83. The van der Waals surface area contributed by atoms with Gasteiger partial charge >= 0.3 is 0 Å². The van der Waals surface area contributed by atoms with E-state index in [-0.39, 0.29) is 11.5 Å². The van der Waals surface area contributed by atoms with Crippen molar-refractivity contribution in [3.05, 3.63) is 88.6 Å². The van der Waals surface area contributed by atoms with Gasteiger partial charge in [-0.2, -0.15) is 0 Å². The van der Waals surface area contributed by atoms with Gasteiger partial charge in [0.2, 0.25) is 5.91 Å². The molecule has 2 aromatic heterocycles. The highest BCUT2D eigenvalue weighted by atomic mass is 16.1. The molecule has 1 aliphatic rings. The van der Waals surface area contributed by atoms with Gasteiger partial charge in [0.05, 0.1) is 18.4 Å². The van der Waals surface area contributed by atoms with Gasteiger partial charge in [0, 0.05) is 23.0 Å². The van der Waals surface area contributed by atoms with Crippen LogP contribution in [0.25, 0.3) is 22.2 Å². The van der Waals surface area contributed by atoms with Crippen LogP contribution in [0.3, 0.4) is 0 Å². The molecular formula is C22H14N4O2. The standard InChI is InChI=1S/C22H14N4O2/c27-20-11-17-10-16(7-8-19(17)25-20)15-5-3-14(4-6-15)12-26-13-24-21-18(22(26)28)2-1-9-23-21/h1-3,5,7-10,13H,11-12H2,(H,25,27). The normalized spacial score (nSPS) is 12.5. The van der Waals surface area contributed by atoms with Gasteiger partial charge in [0.15, 0.2) is 5.65 Å². The highest BCUT2D eigenvalue weighted by Gasteiger charge is 2.17. The molecule has 4 aromatic rings. The van der Waals surface area contributed by atoms with E-state index in [1.807, 2.05) is 30.3 Å². The molecule has 134 valence electrons. The zero-order chi connectivity index (χ0) is 19.1. The Labute approximate surface area is 160 Å². The summed E-state index contributed by atoms with van der Waals surface area (Å²) in [6.07, 6.45) is 3.52. The Morgan fingerprint density at radius 1 is 1.07 bits per heavy atom. The minimum Gasteiger partial charge on any atom is -0.326 e. The summed E-state index contributed by atoms with van der Waals surface area (Å²) in [5.41, 5.74) is 4.86. The summed E-state index contributed by atoms with van der Waals surface area (Å²) in [5.74, 6) is 0.0164. The maximum Gasteiger partial charge on any atom is 0.263 e. The largest absolute Gasteiger partial charge is 0.326 e. The van der Waals surface area contributed by atoms with Gasteiger partial charge in [-0.05, 0) is 47.5 Å². The van der Waals surface area contributed by atoms with E-state index in [0.717, 1.165) is 27.9 Å². The molecule has 2 aromatic carbocycles. The molecule has 0 fully saturated rings. The molecule has 5 rings (SSSR count). The molecule has 28 heavy (non-hydrogen) atoms. The number of hydrogen-bond acceptors (Lipinski definition) is 4. The highest BCUT2D eigenvalue weighted by molar-refractivity contribution is 5.99. The van der Waals surface area contributed by atoms with E-state index >= 15 is 0 Å². The maximum absolute atomic E-state index is 12.6. The molecule has 1 amide bonds. The van der Waals surface area contributed by atoms with Crippen LogP contribution in [0.5, 0.6) is 0 Å². The van der Waals surface area contributed by atoms with Gasteiger partial charge in [-0.3, -0.25) is 14.2 Å². The Morgan fingerprint density at radius 2 is 2.00 bits per heavy atom. The predicted molar refractivity (Wildman–Crippen MR) is 105 cm³/mol. The average Bonchev–Trinajstić information content (AvgIpc) is 3.10. The number of amides is 1. The van der Waals surface area contributed by atoms with Crippen LogP contribution in [0, 0.1) is 12.1 Å². The van der Waals surface area contributed by atoms with Crippen molar-refractivity contribution in [3.63, 3.8) is 0 Å². The van der Waals surface area contributed by atoms with E-state index in [1.54, 1.807) is 18.3 Å². The molecule has 0 saturated carbocycles. The topological polar surface area (TPSA) is 76.9 Å². The van der Waals surface area contributed by atoms with Crippen LogP contribution in [0.1, 0.15) is 11.1 Å². The number of carbonyl (C=O) groups is 1. The number of carbonyl (C=O) groups excluding carboxylic acids is 1. The average molecular weight is 366 g/mol. The van der Waals surface area contributed by atoms with E-state index in [1.165, 1.54) is 10.9 Å². The van der Waals surface area contributed by atoms with Crippen LogP contribution in [-0.4, -0.2) is 20.4 Å². The Hall–Kier alpha value is -3.98. The molecule has 0 atom stereocenters. The fourth-order valence-corrected chi connectivity index (χ4v) is 3.37. The van der Waals surface area contributed by atoms with Crippen molar-refractivity contribution >= 4 is 22.6 Å². The fourth-order valence-electron chi connectivity index (χ4n) is 3.37. The second-order valence-electron chi connectivity index (χ2n) is 6.67. The van der Waals surface area contributed by atoms with E-state index < -0.39 is 0 Å². The molecule has 1 N–H and O–H groups in total. The lowest BCUT2D eigenvalue weighted by atomic mass is 10.0. The van der Waals surface area contributed by atoms with Crippen molar-refractivity contribution in [2.75, 3.05) is 5.32 Å². The highest BCUT2D eigenvalue weighted by Crippen LogP contribution is 2.28. The lowest BCUT2D eigenvalue weighted by molar-refractivity contribution is -0.115. The molecular weight excluding hydrogens is 352 g/mol. The zero-order valence-electron chi connectivity index (χ0n) is 14.8. The Bertz CT molecular complexity index is 1280. The van der Waals surface area contributed by atoms with Crippen LogP contribution in [0.4, 0.5) is 5.69 Å². The smallest absolute Gasteiger partial charge is 0.263 e. The van der Waals surface area contributed by atoms with Gasteiger partial charge in [-0.15, -0.1) is 0 Å². The molecule has 6 nitrogen and oxygen atoms in total. The first-order chi connectivity index (χ1) is 13.7. The van der Waals surface area contributed by atoms with Gasteiger partial charge in [0.25, 0.3) is 5.56 Å². The van der Waals surface area contributed by atoms with Crippen LogP contribution >= 0.6 is 0 Å². The minimum atomic E-state index is -0.133. The summed E-state index contributed by atoms with van der Waals surface area (Å²) < 4.78 is 1.54. The van der Waals surface area contributed by atoms with Crippen LogP contribution in [-0.2, 0) is 17.8 Å². The van der Waals surface area contributed by atoms with Crippen molar-refractivity contribution in [1.29, 1.82) is 0 Å². The predicted octanol–water partition coefficient (Wildman–Crippen LogP) is 2.60. The van der Waals surface area contributed by atoms with Crippen molar-refractivity contribution in [1.82, 2.24) is 14.5 Å². The third kappa shape index (κ3) is 2.79. The molecule has 0 bridgehead atoms. The number of rotatable bonds is 3. The van der Waals surface area contributed by atoms with Crippen LogP contribution < -0.4 is 10.9 Å². The molecule has 1 aliphatic heterocycles. The number of nitrogens with zero attached hydrogens (tertiary/aromatic N) is 3. The Morgan fingerprint density at radius 3 is 2.86 bits per heavy atom. The van der Waals surface area contributed by atoms with E-state index in [9.17, 15) is 9.59 Å². The number of nitrogens with one attached hydrogen (secondary N) is 1. The van der Waals surface area contributed by atoms with Gasteiger partial charge in [0.1, 0.15) is 6.33 Å². The molecule has 0 radical (unpaired) electrons. The summed E-state index contributed by atoms with van der Waals surface area (Å²) in [6, 6.07) is 19.4. The minimum absolute atomic E-state index is 0.0164. The van der Waals surface area contributed by atoms with E-state index in [4.69, 9.17) is 0 Å². The third-order valence-corrected chi connectivity index (χ3v) is 4.79. The van der Waals surface area contributed by atoms with Gasteiger partial charge in [-0.25, -0.2) is 9.97 Å². The first kappa shape index (κ1) is 16.2. The van der Waals surface area contributed by atoms with Crippen molar-refractivity contribution in [2.45, 2.75) is 13.0 Å². The zero-order valence-corrected chi connectivity index (χ0v) is 14.8. The van der Waals surface area contributed by atoms with Gasteiger partial charge < -0.3 is 5.32 Å². The van der Waals surface area contributed by atoms with Crippen molar-refractivity contribution in [2.24, 2.45) is 0 Å². The quantitative estimate of drug-likeness (QED) is 0.605. The number of benzene rings is 1. The Kier molecular flexibility index (Phi) is 3.66. The monoisotopic (exact) mass is 366 g/mol. The summed E-state index contributed by atoms with van der Waals surface area (Å²) >= 11 is 0. The van der Waals surface area contributed by atoms with Crippen molar-refractivity contribution < 1.29 is 4.79 Å². The number of hydrogen-bond donors (Lipinski definition) is 1. The summed E-state index contributed by atoms with van der Waals surface area (Å²) in [4.78, 5) is 32.4. The molecule has 0 unspecified atom stereocenters. The molecule has 0 saturated heterocycles. The maximum atomic E-state index is 12.6. The van der Waals surface area contributed by atoms with Crippen LogP contribution in [0.2, 0.25) is 0 Å². The second kappa shape index (κ2) is 6.32. The molecule has 0 spiro atoms. The molecule has 0 aliphatic carbocycles. The number of fused-ring (bicyclic) bond motifs is 2. The second-order valence-corrected chi connectivity index (χ2v) is 6.67. The van der Waals surface area contributed by atoms with Crippen LogP contribution in [0.15, 0.2) is 59.8 Å². The first-order valence-electron chi connectivity index (χ1n) is 8.83. The van der Waals surface area contributed by atoms with E-state index in [0.29, 0.717) is 24.0 Å². The summed E-state index contributed by atoms with van der Waals surface area (Å²) in [5, 5.41) is 3.32. The lowest BCUT2D eigenvalue weighted by Gasteiger charge is -2.06. The number of pyridine rings is 1.